The molecule has 116 valence electrons. The van der Waals surface area contributed by atoms with Crippen molar-refractivity contribution >= 4 is 11.9 Å². The summed E-state index contributed by atoms with van der Waals surface area (Å²) >= 11 is 0. The number of fused-ring (bicyclic) bond motifs is 1. The molecule has 0 saturated heterocycles. The van der Waals surface area contributed by atoms with Crippen LogP contribution in [-0.4, -0.2) is 40.1 Å². The topological polar surface area (TPSA) is 83.6 Å². The van der Waals surface area contributed by atoms with Gasteiger partial charge < -0.3 is 14.5 Å². The first-order valence-electron chi connectivity index (χ1n) is 7.47. The van der Waals surface area contributed by atoms with Crippen LogP contribution in [0.5, 0.6) is 0 Å². The molecule has 6 nitrogen and oxygen atoms in total. The zero-order valence-corrected chi connectivity index (χ0v) is 12.6. The maximum atomic E-state index is 12.6. The molecule has 1 aromatic heterocycles. The Hall–Kier alpha value is -1.85. The fourth-order valence-corrected chi connectivity index (χ4v) is 2.65. The lowest BCUT2D eigenvalue weighted by molar-refractivity contribution is -0.137. The van der Waals surface area contributed by atoms with E-state index in [0.717, 1.165) is 37.0 Å². The number of hydrogen-bond donors (Lipinski definition) is 1. The number of rotatable bonds is 6. The maximum absolute atomic E-state index is 12.6. The highest BCUT2D eigenvalue weighted by molar-refractivity contribution is 5.94. The SMILES string of the molecule is CC(C)CN(CCC(=O)O)C(=O)c1noc2c1CCCC2. The van der Waals surface area contributed by atoms with Gasteiger partial charge in [0.15, 0.2) is 5.69 Å². The van der Waals surface area contributed by atoms with E-state index in [-0.39, 0.29) is 24.8 Å². The van der Waals surface area contributed by atoms with E-state index in [1.54, 1.807) is 4.90 Å². The van der Waals surface area contributed by atoms with Crippen molar-refractivity contribution in [3.8, 4) is 0 Å². The normalized spacial score (nSPS) is 14.0. The molecule has 1 heterocycles. The van der Waals surface area contributed by atoms with E-state index in [0.29, 0.717) is 12.2 Å². The van der Waals surface area contributed by atoms with Crippen LogP contribution in [0, 0.1) is 5.92 Å². The first kappa shape index (κ1) is 15.5. The summed E-state index contributed by atoms with van der Waals surface area (Å²) in [5.41, 5.74) is 1.28. The summed E-state index contributed by atoms with van der Waals surface area (Å²) in [5.74, 6) is -0.0339. The Bertz CT molecular complexity index is 522. The van der Waals surface area contributed by atoms with Crippen molar-refractivity contribution in [2.45, 2.75) is 46.0 Å². The van der Waals surface area contributed by atoms with E-state index >= 15 is 0 Å². The monoisotopic (exact) mass is 294 g/mol. The quantitative estimate of drug-likeness (QED) is 0.869. The molecular formula is C15H22N2O4. The first-order chi connectivity index (χ1) is 9.99. The highest BCUT2D eigenvalue weighted by Gasteiger charge is 2.27. The number of carbonyl (C=O) groups excluding carboxylic acids is 1. The zero-order valence-electron chi connectivity index (χ0n) is 12.6. The van der Waals surface area contributed by atoms with E-state index in [1.807, 2.05) is 13.8 Å². The van der Waals surface area contributed by atoms with Gasteiger partial charge in [0.25, 0.3) is 5.91 Å². The minimum absolute atomic E-state index is 0.0570. The van der Waals surface area contributed by atoms with E-state index < -0.39 is 5.97 Å². The van der Waals surface area contributed by atoms with Gasteiger partial charge in [0.2, 0.25) is 0 Å². The van der Waals surface area contributed by atoms with Gasteiger partial charge in [-0.15, -0.1) is 0 Å². The summed E-state index contributed by atoms with van der Waals surface area (Å²) in [6, 6.07) is 0. The molecule has 0 atom stereocenters. The van der Waals surface area contributed by atoms with Crippen molar-refractivity contribution in [1.29, 1.82) is 0 Å². The van der Waals surface area contributed by atoms with Crippen LogP contribution >= 0.6 is 0 Å². The first-order valence-corrected chi connectivity index (χ1v) is 7.47. The van der Waals surface area contributed by atoms with Crippen LogP contribution < -0.4 is 0 Å². The van der Waals surface area contributed by atoms with Crippen molar-refractivity contribution in [1.82, 2.24) is 10.1 Å². The van der Waals surface area contributed by atoms with Gasteiger partial charge in [0, 0.05) is 25.1 Å². The van der Waals surface area contributed by atoms with Gasteiger partial charge in [-0.1, -0.05) is 19.0 Å². The maximum Gasteiger partial charge on any atom is 0.305 e. The second-order valence-electron chi connectivity index (χ2n) is 5.93. The van der Waals surface area contributed by atoms with Crippen molar-refractivity contribution in [2.24, 2.45) is 5.92 Å². The molecule has 1 amide bonds. The molecule has 2 rings (SSSR count). The summed E-state index contributed by atoms with van der Waals surface area (Å²) < 4.78 is 5.28. The standard InChI is InChI=1S/C15H22N2O4/c1-10(2)9-17(8-7-13(18)19)15(20)14-11-5-3-4-6-12(11)21-16-14/h10H,3-9H2,1-2H3,(H,18,19). The number of carboxylic acids is 1. The number of aliphatic carboxylic acids is 1. The van der Waals surface area contributed by atoms with Crippen LogP contribution in [0.15, 0.2) is 4.52 Å². The molecular weight excluding hydrogens is 272 g/mol. The number of aryl methyl sites for hydroxylation is 1. The Labute approximate surface area is 124 Å². The molecule has 0 spiro atoms. The Morgan fingerprint density at radius 2 is 2.05 bits per heavy atom. The average Bonchev–Trinajstić information content (AvgIpc) is 2.86. The summed E-state index contributed by atoms with van der Waals surface area (Å²) in [5, 5.41) is 12.8. The highest BCUT2D eigenvalue weighted by Crippen LogP contribution is 2.25. The molecule has 1 aliphatic carbocycles. The third-order valence-corrected chi connectivity index (χ3v) is 3.62. The van der Waals surface area contributed by atoms with Gasteiger partial charge in [-0.3, -0.25) is 9.59 Å². The molecule has 1 aliphatic rings. The largest absolute Gasteiger partial charge is 0.481 e. The molecule has 0 unspecified atom stereocenters. The third kappa shape index (κ3) is 3.83. The lowest BCUT2D eigenvalue weighted by atomic mass is 9.96. The van der Waals surface area contributed by atoms with Crippen molar-refractivity contribution in [3.63, 3.8) is 0 Å². The Kier molecular flexibility index (Phi) is 4.98. The van der Waals surface area contributed by atoms with Crippen LogP contribution in [0.25, 0.3) is 0 Å². The van der Waals surface area contributed by atoms with Gasteiger partial charge >= 0.3 is 5.97 Å². The molecule has 0 fully saturated rings. The molecule has 0 aromatic carbocycles. The summed E-state index contributed by atoms with van der Waals surface area (Å²) in [6.07, 6.45) is 3.68. The Morgan fingerprint density at radius 1 is 1.33 bits per heavy atom. The molecule has 6 heteroatoms. The number of carboxylic acid groups (broad SMARTS) is 1. The predicted molar refractivity (Wildman–Crippen MR) is 76.1 cm³/mol. The number of aromatic nitrogens is 1. The second-order valence-corrected chi connectivity index (χ2v) is 5.93. The molecule has 0 aliphatic heterocycles. The third-order valence-electron chi connectivity index (χ3n) is 3.62. The van der Waals surface area contributed by atoms with Crippen molar-refractivity contribution < 1.29 is 19.2 Å². The van der Waals surface area contributed by atoms with E-state index in [2.05, 4.69) is 5.16 Å². The van der Waals surface area contributed by atoms with E-state index in [1.165, 1.54) is 0 Å². The fraction of sp³-hybridized carbons (Fsp3) is 0.667. The smallest absolute Gasteiger partial charge is 0.305 e. The molecule has 21 heavy (non-hydrogen) atoms. The van der Waals surface area contributed by atoms with E-state index in [4.69, 9.17) is 9.63 Å². The van der Waals surface area contributed by atoms with Gasteiger partial charge in [-0.05, 0) is 25.2 Å². The molecule has 0 radical (unpaired) electrons. The molecule has 1 N–H and O–H groups in total. The van der Waals surface area contributed by atoms with Gasteiger partial charge in [0.05, 0.1) is 6.42 Å². The lowest BCUT2D eigenvalue weighted by Crippen LogP contribution is -2.36. The molecule has 0 saturated carbocycles. The fourth-order valence-electron chi connectivity index (χ4n) is 2.65. The number of carbonyl (C=O) groups is 2. The van der Waals surface area contributed by atoms with Crippen LogP contribution in [0.3, 0.4) is 0 Å². The predicted octanol–water partition coefficient (Wildman–Crippen LogP) is 2.13. The Balaban J connectivity index is 2.16. The van der Waals surface area contributed by atoms with Crippen LogP contribution in [-0.2, 0) is 17.6 Å². The minimum atomic E-state index is -0.904. The van der Waals surface area contributed by atoms with E-state index in [9.17, 15) is 9.59 Å². The van der Waals surface area contributed by atoms with Crippen LogP contribution in [0.4, 0.5) is 0 Å². The van der Waals surface area contributed by atoms with Gasteiger partial charge in [-0.25, -0.2) is 0 Å². The Morgan fingerprint density at radius 3 is 2.71 bits per heavy atom. The number of amides is 1. The zero-order chi connectivity index (χ0) is 15.4. The number of hydrogen-bond acceptors (Lipinski definition) is 4. The molecule has 0 bridgehead atoms. The van der Waals surface area contributed by atoms with Crippen molar-refractivity contribution in [2.75, 3.05) is 13.1 Å². The van der Waals surface area contributed by atoms with Crippen LogP contribution in [0.1, 0.15) is 54.9 Å². The second kappa shape index (κ2) is 6.74. The summed E-state index contributed by atoms with van der Waals surface area (Å²) in [6.45, 7) is 4.72. The van der Waals surface area contributed by atoms with Gasteiger partial charge in [-0.2, -0.15) is 0 Å². The summed E-state index contributed by atoms with van der Waals surface area (Å²) in [4.78, 5) is 25.0. The van der Waals surface area contributed by atoms with Crippen molar-refractivity contribution in [3.05, 3.63) is 17.0 Å². The van der Waals surface area contributed by atoms with Crippen LogP contribution in [0.2, 0.25) is 0 Å². The minimum Gasteiger partial charge on any atom is -0.481 e. The number of nitrogens with zero attached hydrogens (tertiary/aromatic N) is 2. The molecule has 1 aromatic rings. The lowest BCUT2D eigenvalue weighted by Gasteiger charge is -2.23. The highest BCUT2D eigenvalue weighted by atomic mass is 16.5. The van der Waals surface area contributed by atoms with Gasteiger partial charge in [0.1, 0.15) is 5.76 Å². The average molecular weight is 294 g/mol. The summed E-state index contributed by atoms with van der Waals surface area (Å²) in [7, 11) is 0.